The molecule has 2 aromatic carbocycles. The Kier molecular flexibility index (Phi) is 5.63. The van der Waals surface area contributed by atoms with Crippen LogP contribution < -0.4 is 0 Å². The molecule has 4 rings (SSSR count). The molecule has 0 saturated carbocycles. The lowest BCUT2D eigenvalue weighted by atomic mass is 10.0. The number of hydrogen-bond donors (Lipinski definition) is 1. The summed E-state index contributed by atoms with van der Waals surface area (Å²) in [6.07, 6.45) is 1.60. The second kappa shape index (κ2) is 8.07. The van der Waals surface area contributed by atoms with Gasteiger partial charge in [0.15, 0.2) is 0 Å². The van der Waals surface area contributed by atoms with Crippen LogP contribution in [0.25, 0.3) is 22.0 Å². The maximum Gasteiger partial charge on any atom is 0.303 e. The number of rotatable bonds is 6. The molecule has 0 aliphatic heterocycles. The van der Waals surface area contributed by atoms with Gasteiger partial charge < -0.3 is 5.11 Å². The van der Waals surface area contributed by atoms with Gasteiger partial charge >= 0.3 is 5.97 Å². The molecule has 154 valence electrons. The first-order valence-electron chi connectivity index (χ1n) is 8.86. The van der Waals surface area contributed by atoms with Crippen molar-refractivity contribution in [3.05, 3.63) is 75.0 Å². The number of aryl methyl sites for hydroxylation is 1. The van der Waals surface area contributed by atoms with Gasteiger partial charge in [-0.15, -0.1) is 0 Å². The summed E-state index contributed by atoms with van der Waals surface area (Å²) < 4.78 is 27.8. The molecule has 0 atom stereocenters. The minimum atomic E-state index is -3.96. The molecule has 0 unspecified atom stereocenters. The van der Waals surface area contributed by atoms with E-state index in [1.54, 1.807) is 17.4 Å². The molecular formula is C21H15Cl2NO4S2. The average molecular weight is 480 g/mol. The fraction of sp³-hybridized carbons (Fsp3) is 0.0952. The van der Waals surface area contributed by atoms with Crippen molar-refractivity contribution in [1.29, 1.82) is 0 Å². The van der Waals surface area contributed by atoms with E-state index in [1.165, 1.54) is 28.4 Å². The highest BCUT2D eigenvalue weighted by Gasteiger charge is 2.23. The van der Waals surface area contributed by atoms with Crippen molar-refractivity contribution in [1.82, 2.24) is 3.97 Å². The van der Waals surface area contributed by atoms with Crippen molar-refractivity contribution in [2.45, 2.75) is 17.7 Å². The van der Waals surface area contributed by atoms with Crippen molar-refractivity contribution in [2.24, 2.45) is 0 Å². The number of hydrogen-bond acceptors (Lipinski definition) is 4. The fourth-order valence-electron chi connectivity index (χ4n) is 3.26. The smallest absolute Gasteiger partial charge is 0.303 e. The van der Waals surface area contributed by atoms with Crippen LogP contribution in [0.1, 0.15) is 12.0 Å². The Labute approximate surface area is 187 Å². The Morgan fingerprint density at radius 3 is 2.50 bits per heavy atom. The number of halogens is 2. The molecule has 0 aliphatic carbocycles. The third-order valence-electron chi connectivity index (χ3n) is 4.76. The molecule has 4 aromatic rings. The van der Waals surface area contributed by atoms with Crippen LogP contribution in [0.3, 0.4) is 0 Å². The Hall–Kier alpha value is -2.32. The molecule has 5 nitrogen and oxygen atoms in total. The van der Waals surface area contributed by atoms with E-state index in [-0.39, 0.29) is 27.8 Å². The first-order chi connectivity index (χ1) is 14.3. The fourth-order valence-corrected chi connectivity index (χ4v) is 5.71. The summed E-state index contributed by atoms with van der Waals surface area (Å²) >= 11 is 13.5. The number of aromatic nitrogens is 1. The summed E-state index contributed by atoms with van der Waals surface area (Å²) in [6, 6.07) is 11.6. The van der Waals surface area contributed by atoms with Crippen LogP contribution in [-0.4, -0.2) is 23.5 Å². The zero-order valence-electron chi connectivity index (χ0n) is 15.4. The summed E-state index contributed by atoms with van der Waals surface area (Å²) in [5, 5.41) is 14.2. The molecule has 30 heavy (non-hydrogen) atoms. The third-order valence-corrected chi connectivity index (χ3v) is 7.86. The largest absolute Gasteiger partial charge is 0.481 e. The molecule has 1 N–H and O–H groups in total. The SMILES string of the molecule is O=C(O)CCc1cn(S(=O)(=O)c2ccc(Cl)c(Cl)c2)c2ccc(-c3ccsc3)cc12. The van der Waals surface area contributed by atoms with Gasteiger partial charge in [0.05, 0.1) is 20.5 Å². The highest BCUT2D eigenvalue weighted by Crippen LogP contribution is 2.33. The Morgan fingerprint density at radius 2 is 1.83 bits per heavy atom. The number of carboxylic acids is 1. The van der Waals surface area contributed by atoms with Crippen LogP contribution >= 0.6 is 34.5 Å². The number of carboxylic acid groups (broad SMARTS) is 1. The van der Waals surface area contributed by atoms with Crippen LogP contribution in [0.2, 0.25) is 10.0 Å². The molecular weight excluding hydrogens is 465 g/mol. The van der Waals surface area contributed by atoms with Crippen LogP contribution in [0, 0.1) is 0 Å². The molecule has 2 aromatic heterocycles. The maximum absolute atomic E-state index is 13.3. The number of benzene rings is 2. The first-order valence-corrected chi connectivity index (χ1v) is 12.0. The van der Waals surface area contributed by atoms with Gasteiger partial charge in [-0.1, -0.05) is 29.3 Å². The summed E-state index contributed by atoms with van der Waals surface area (Å²) in [5.74, 6) is -0.947. The van der Waals surface area contributed by atoms with E-state index in [1.807, 2.05) is 29.0 Å². The summed E-state index contributed by atoms with van der Waals surface area (Å²) in [5.41, 5.74) is 3.07. The Balaban J connectivity index is 1.90. The third kappa shape index (κ3) is 3.86. The molecule has 0 radical (unpaired) electrons. The number of carbonyl (C=O) groups is 1. The standard InChI is InChI=1S/C21H15Cl2NO4S2/c22-18-4-3-16(10-19(18)23)30(27,28)24-11-14(2-6-21(25)26)17-9-13(1-5-20(17)24)15-7-8-29-12-15/h1,3-5,7-12H,2,6H2,(H,25,26). The topological polar surface area (TPSA) is 76.4 Å². The zero-order chi connectivity index (χ0) is 21.5. The molecule has 2 heterocycles. The molecule has 9 heteroatoms. The van der Waals surface area contributed by atoms with E-state index in [9.17, 15) is 13.2 Å². The van der Waals surface area contributed by atoms with Crippen LogP contribution in [0.4, 0.5) is 0 Å². The van der Waals surface area contributed by atoms with E-state index in [0.29, 0.717) is 16.5 Å². The maximum atomic E-state index is 13.3. The van der Waals surface area contributed by atoms with Crippen molar-refractivity contribution < 1.29 is 18.3 Å². The second-order valence-corrected chi connectivity index (χ2v) is 10.1. The van der Waals surface area contributed by atoms with Gasteiger partial charge in [-0.2, -0.15) is 11.3 Å². The van der Waals surface area contributed by atoms with Crippen LogP contribution in [0.5, 0.6) is 0 Å². The van der Waals surface area contributed by atoms with Gasteiger partial charge in [0, 0.05) is 18.0 Å². The first kappa shape index (κ1) is 20.9. The molecule has 0 fully saturated rings. The lowest BCUT2D eigenvalue weighted by molar-refractivity contribution is -0.136. The monoisotopic (exact) mass is 479 g/mol. The minimum absolute atomic E-state index is 0.000459. The lowest BCUT2D eigenvalue weighted by Crippen LogP contribution is -2.12. The number of thiophene rings is 1. The minimum Gasteiger partial charge on any atom is -0.481 e. The predicted molar refractivity (Wildman–Crippen MR) is 120 cm³/mol. The normalized spacial score (nSPS) is 11.8. The highest BCUT2D eigenvalue weighted by molar-refractivity contribution is 7.90. The van der Waals surface area contributed by atoms with Gasteiger partial charge in [0.25, 0.3) is 10.0 Å². The summed E-state index contributed by atoms with van der Waals surface area (Å²) in [6.45, 7) is 0. The van der Waals surface area contributed by atoms with Gasteiger partial charge in [-0.3, -0.25) is 4.79 Å². The van der Waals surface area contributed by atoms with Crippen LogP contribution in [-0.2, 0) is 21.2 Å². The second-order valence-electron chi connectivity index (χ2n) is 6.67. The van der Waals surface area contributed by atoms with Gasteiger partial charge in [-0.05, 0) is 70.3 Å². The Bertz CT molecular complexity index is 1360. The quantitative estimate of drug-likeness (QED) is 0.371. The van der Waals surface area contributed by atoms with E-state index < -0.39 is 16.0 Å². The van der Waals surface area contributed by atoms with Crippen LogP contribution in [0.15, 0.2) is 64.3 Å². The lowest BCUT2D eigenvalue weighted by Gasteiger charge is -2.09. The molecule has 0 amide bonds. The van der Waals surface area contributed by atoms with E-state index in [0.717, 1.165) is 11.1 Å². The zero-order valence-corrected chi connectivity index (χ0v) is 18.5. The summed E-state index contributed by atoms with van der Waals surface area (Å²) in [4.78, 5) is 11.1. The number of fused-ring (bicyclic) bond motifs is 1. The van der Waals surface area contributed by atoms with Crippen molar-refractivity contribution in [3.8, 4) is 11.1 Å². The molecule has 0 bridgehead atoms. The van der Waals surface area contributed by atoms with Gasteiger partial charge in [0.2, 0.25) is 0 Å². The van der Waals surface area contributed by atoms with E-state index >= 15 is 0 Å². The van der Waals surface area contributed by atoms with Crippen molar-refractivity contribution in [3.63, 3.8) is 0 Å². The van der Waals surface area contributed by atoms with Crippen molar-refractivity contribution in [2.75, 3.05) is 0 Å². The van der Waals surface area contributed by atoms with Gasteiger partial charge in [-0.25, -0.2) is 12.4 Å². The van der Waals surface area contributed by atoms with Crippen molar-refractivity contribution >= 4 is 61.4 Å². The predicted octanol–water partition coefficient (Wildman–Crippen LogP) is 5.93. The number of nitrogens with zero attached hydrogens (tertiary/aromatic N) is 1. The molecule has 0 saturated heterocycles. The highest BCUT2D eigenvalue weighted by atomic mass is 35.5. The van der Waals surface area contributed by atoms with E-state index in [2.05, 4.69) is 0 Å². The average Bonchev–Trinajstić information content (AvgIpc) is 3.36. The molecule has 0 aliphatic rings. The Morgan fingerprint density at radius 1 is 1.03 bits per heavy atom. The van der Waals surface area contributed by atoms with Gasteiger partial charge in [0.1, 0.15) is 0 Å². The van der Waals surface area contributed by atoms with E-state index in [4.69, 9.17) is 28.3 Å². The number of aliphatic carboxylic acids is 1. The molecule has 0 spiro atoms. The summed E-state index contributed by atoms with van der Waals surface area (Å²) in [7, 11) is -3.96.